The summed E-state index contributed by atoms with van der Waals surface area (Å²) in [5.74, 6) is -0.426. The second kappa shape index (κ2) is 10.2. The van der Waals surface area contributed by atoms with E-state index in [1.807, 2.05) is 30.3 Å². The highest BCUT2D eigenvalue weighted by Gasteiger charge is 2.34. The zero-order valence-electron chi connectivity index (χ0n) is 15.4. The summed E-state index contributed by atoms with van der Waals surface area (Å²) >= 11 is 0. The number of rotatable bonds is 9. The van der Waals surface area contributed by atoms with Crippen molar-refractivity contribution in [3.63, 3.8) is 0 Å². The van der Waals surface area contributed by atoms with Crippen LogP contribution in [0.1, 0.15) is 64.4 Å². The molecule has 138 valence electrons. The molecule has 0 heterocycles. The van der Waals surface area contributed by atoms with Gasteiger partial charge in [0, 0.05) is 0 Å². The van der Waals surface area contributed by atoms with Crippen LogP contribution in [-0.4, -0.2) is 18.0 Å². The summed E-state index contributed by atoms with van der Waals surface area (Å²) in [6, 6.07) is 9.67. The predicted octanol–water partition coefficient (Wildman–Crippen LogP) is 4.66. The van der Waals surface area contributed by atoms with Crippen LogP contribution in [0.5, 0.6) is 0 Å². The Morgan fingerprint density at radius 1 is 1.08 bits per heavy atom. The van der Waals surface area contributed by atoms with Gasteiger partial charge in [0.2, 0.25) is 0 Å². The molecule has 2 rings (SSSR count). The number of carbonyl (C=O) groups excluding carboxylic acids is 2. The second-order valence-corrected chi connectivity index (χ2v) is 6.94. The molecule has 2 atom stereocenters. The highest BCUT2D eigenvalue weighted by Crippen LogP contribution is 2.30. The molecule has 0 unspecified atom stereocenters. The summed E-state index contributed by atoms with van der Waals surface area (Å²) in [6.45, 7) is 4.48. The first-order chi connectivity index (χ1) is 12.1. The molecular formula is C21H30O4. The molecule has 1 aromatic carbocycles. The van der Waals surface area contributed by atoms with Gasteiger partial charge in [0.05, 0.1) is 11.8 Å². The van der Waals surface area contributed by atoms with Crippen molar-refractivity contribution in [2.45, 2.75) is 71.5 Å². The molecule has 0 amide bonds. The molecule has 1 aliphatic rings. The third-order valence-electron chi connectivity index (χ3n) is 4.83. The van der Waals surface area contributed by atoms with Gasteiger partial charge in [-0.2, -0.15) is 0 Å². The molecule has 1 aliphatic carbocycles. The average Bonchev–Trinajstić information content (AvgIpc) is 3.09. The fourth-order valence-corrected chi connectivity index (χ4v) is 3.45. The van der Waals surface area contributed by atoms with Crippen LogP contribution in [0.15, 0.2) is 30.3 Å². The number of hydrogen-bond acceptors (Lipinski definition) is 4. The van der Waals surface area contributed by atoms with E-state index in [2.05, 4.69) is 13.8 Å². The van der Waals surface area contributed by atoms with E-state index in [4.69, 9.17) is 9.47 Å². The van der Waals surface area contributed by atoms with Crippen LogP contribution in [0, 0.1) is 11.8 Å². The fourth-order valence-electron chi connectivity index (χ4n) is 3.45. The Morgan fingerprint density at radius 3 is 2.40 bits per heavy atom. The van der Waals surface area contributed by atoms with Crippen molar-refractivity contribution in [1.82, 2.24) is 0 Å². The molecule has 0 N–H and O–H groups in total. The minimum absolute atomic E-state index is 0.000850. The standard InChI is InChI=1S/C21H30O4/c1-3-8-17(9-4-2)21(23)25-19-13-12-18(14-19)20(22)24-15-16-10-6-5-7-11-16/h5-7,10-11,17-19H,3-4,8-9,12-15H2,1-2H3/t18-,19+/m0/s1. The molecule has 1 aromatic rings. The Labute approximate surface area is 150 Å². The first-order valence-electron chi connectivity index (χ1n) is 9.55. The van der Waals surface area contributed by atoms with Crippen LogP contribution >= 0.6 is 0 Å². The van der Waals surface area contributed by atoms with Crippen molar-refractivity contribution < 1.29 is 19.1 Å². The highest BCUT2D eigenvalue weighted by molar-refractivity contribution is 5.74. The van der Waals surface area contributed by atoms with Gasteiger partial charge in [-0.15, -0.1) is 0 Å². The first-order valence-corrected chi connectivity index (χ1v) is 9.55. The predicted molar refractivity (Wildman–Crippen MR) is 96.8 cm³/mol. The van der Waals surface area contributed by atoms with Crippen molar-refractivity contribution >= 4 is 11.9 Å². The molecule has 0 saturated heterocycles. The van der Waals surface area contributed by atoms with Gasteiger partial charge in [-0.05, 0) is 37.7 Å². The van der Waals surface area contributed by atoms with Crippen LogP contribution in [0.3, 0.4) is 0 Å². The molecule has 0 spiro atoms. The summed E-state index contributed by atoms with van der Waals surface area (Å²) in [4.78, 5) is 24.6. The van der Waals surface area contributed by atoms with Gasteiger partial charge in [0.1, 0.15) is 12.7 Å². The maximum absolute atomic E-state index is 12.3. The van der Waals surface area contributed by atoms with Crippen molar-refractivity contribution in [3.8, 4) is 0 Å². The number of hydrogen-bond donors (Lipinski definition) is 0. The molecular weight excluding hydrogens is 316 g/mol. The van der Waals surface area contributed by atoms with Gasteiger partial charge < -0.3 is 9.47 Å². The van der Waals surface area contributed by atoms with E-state index in [1.54, 1.807) is 0 Å². The number of carbonyl (C=O) groups is 2. The van der Waals surface area contributed by atoms with Crippen LogP contribution in [0.4, 0.5) is 0 Å². The Kier molecular flexibility index (Phi) is 7.96. The van der Waals surface area contributed by atoms with Crippen molar-refractivity contribution in [1.29, 1.82) is 0 Å². The lowest BCUT2D eigenvalue weighted by atomic mass is 9.98. The molecule has 4 heteroatoms. The van der Waals surface area contributed by atoms with Crippen LogP contribution in [0.25, 0.3) is 0 Å². The summed E-state index contributed by atoms with van der Waals surface area (Å²) in [7, 11) is 0. The van der Waals surface area contributed by atoms with Crippen molar-refractivity contribution in [2.75, 3.05) is 0 Å². The number of esters is 2. The molecule has 1 saturated carbocycles. The monoisotopic (exact) mass is 346 g/mol. The van der Waals surface area contributed by atoms with Crippen LogP contribution in [0.2, 0.25) is 0 Å². The minimum Gasteiger partial charge on any atom is -0.462 e. The van der Waals surface area contributed by atoms with Crippen LogP contribution in [-0.2, 0) is 25.7 Å². The molecule has 25 heavy (non-hydrogen) atoms. The topological polar surface area (TPSA) is 52.6 Å². The Morgan fingerprint density at radius 2 is 1.76 bits per heavy atom. The van der Waals surface area contributed by atoms with Gasteiger partial charge >= 0.3 is 11.9 Å². The van der Waals surface area contributed by atoms with Crippen LogP contribution < -0.4 is 0 Å². The summed E-state index contributed by atoms with van der Waals surface area (Å²) in [5, 5.41) is 0. The van der Waals surface area contributed by atoms with Crippen molar-refractivity contribution in [2.24, 2.45) is 11.8 Å². The molecule has 1 fully saturated rings. The maximum Gasteiger partial charge on any atom is 0.309 e. The largest absolute Gasteiger partial charge is 0.462 e. The molecule has 0 bridgehead atoms. The van der Waals surface area contributed by atoms with Gasteiger partial charge in [-0.25, -0.2) is 0 Å². The second-order valence-electron chi connectivity index (χ2n) is 6.94. The number of benzene rings is 1. The third kappa shape index (κ3) is 6.18. The third-order valence-corrected chi connectivity index (χ3v) is 4.83. The Hall–Kier alpha value is -1.84. The lowest BCUT2D eigenvalue weighted by Crippen LogP contribution is -2.24. The Balaban J connectivity index is 1.76. The van der Waals surface area contributed by atoms with Gasteiger partial charge in [0.15, 0.2) is 0 Å². The van der Waals surface area contributed by atoms with E-state index in [1.165, 1.54) is 0 Å². The molecule has 4 nitrogen and oxygen atoms in total. The van der Waals surface area contributed by atoms with Crippen molar-refractivity contribution in [3.05, 3.63) is 35.9 Å². The smallest absolute Gasteiger partial charge is 0.309 e. The maximum atomic E-state index is 12.3. The quantitative estimate of drug-likeness (QED) is 0.610. The summed E-state index contributed by atoms with van der Waals surface area (Å²) < 4.78 is 11.1. The zero-order valence-corrected chi connectivity index (χ0v) is 15.4. The van der Waals surface area contributed by atoms with E-state index in [0.717, 1.165) is 44.1 Å². The van der Waals surface area contributed by atoms with E-state index in [9.17, 15) is 9.59 Å². The van der Waals surface area contributed by atoms with E-state index >= 15 is 0 Å². The first kappa shape index (κ1) is 19.5. The number of ether oxygens (including phenoxy) is 2. The van der Waals surface area contributed by atoms with Gasteiger partial charge in [-0.3, -0.25) is 9.59 Å². The SMILES string of the molecule is CCCC(CCC)C(=O)O[C@@H]1CC[C@H](C(=O)OCc2ccccc2)C1. The van der Waals surface area contributed by atoms with Gasteiger partial charge in [-0.1, -0.05) is 57.0 Å². The normalized spacial score (nSPS) is 19.8. The lowest BCUT2D eigenvalue weighted by molar-refractivity contribution is -0.156. The summed E-state index contributed by atoms with van der Waals surface area (Å²) in [6.07, 6.45) is 5.66. The molecule has 0 radical (unpaired) electrons. The molecule has 0 aliphatic heterocycles. The lowest BCUT2D eigenvalue weighted by Gasteiger charge is -2.18. The molecule has 0 aromatic heterocycles. The van der Waals surface area contributed by atoms with E-state index in [0.29, 0.717) is 13.0 Å². The zero-order chi connectivity index (χ0) is 18.1. The average molecular weight is 346 g/mol. The van der Waals surface area contributed by atoms with Gasteiger partial charge in [0.25, 0.3) is 0 Å². The fraction of sp³-hybridized carbons (Fsp3) is 0.619. The Bertz CT molecular complexity index is 534. The van der Waals surface area contributed by atoms with E-state index in [-0.39, 0.29) is 29.9 Å². The highest BCUT2D eigenvalue weighted by atomic mass is 16.5. The minimum atomic E-state index is -0.180. The van der Waals surface area contributed by atoms with E-state index < -0.39 is 0 Å². The summed E-state index contributed by atoms with van der Waals surface area (Å²) in [5.41, 5.74) is 0.985.